The monoisotopic (exact) mass is 233 g/mol. The third-order valence-corrected chi connectivity index (χ3v) is 2.48. The van der Waals surface area contributed by atoms with Crippen molar-refractivity contribution in [2.75, 3.05) is 13.2 Å². The van der Waals surface area contributed by atoms with Crippen molar-refractivity contribution in [2.24, 2.45) is 0 Å². The van der Waals surface area contributed by atoms with Crippen LogP contribution in [0.15, 0.2) is 24.3 Å². The fraction of sp³-hybridized carbons (Fsp3) is 0.462. The van der Waals surface area contributed by atoms with E-state index in [1.54, 1.807) is 0 Å². The molecule has 2 N–H and O–H groups in total. The van der Waals surface area contributed by atoms with E-state index in [-0.39, 0.29) is 0 Å². The zero-order chi connectivity index (χ0) is 12.1. The summed E-state index contributed by atoms with van der Waals surface area (Å²) in [6, 6.07) is 9.06. The second-order valence-corrected chi connectivity index (χ2v) is 4.37. The van der Waals surface area contributed by atoms with Gasteiger partial charge in [-0.05, 0) is 25.1 Å². The molecule has 0 saturated heterocycles. The van der Waals surface area contributed by atoms with Crippen LogP contribution in [0.2, 0.25) is 0 Å². The van der Waals surface area contributed by atoms with Crippen LogP contribution in [0.4, 0.5) is 0 Å². The molecule has 0 bridgehead atoms. The highest BCUT2D eigenvalue weighted by Crippen LogP contribution is 2.14. The van der Waals surface area contributed by atoms with E-state index in [4.69, 9.17) is 4.74 Å². The van der Waals surface area contributed by atoms with Gasteiger partial charge in [-0.1, -0.05) is 26.0 Å². The van der Waals surface area contributed by atoms with Crippen molar-refractivity contribution in [3.05, 3.63) is 24.3 Å². The number of aromatic nitrogens is 2. The Bertz CT molecular complexity index is 431. The van der Waals surface area contributed by atoms with Gasteiger partial charge in [-0.3, -0.25) is 0 Å². The lowest BCUT2D eigenvalue weighted by molar-refractivity contribution is 0.287. The Morgan fingerprint density at radius 1 is 1.35 bits per heavy atom. The van der Waals surface area contributed by atoms with E-state index >= 15 is 0 Å². The number of nitrogens with one attached hydrogen (secondary N) is 2. The van der Waals surface area contributed by atoms with Crippen LogP contribution in [-0.2, 0) is 0 Å². The fourth-order valence-corrected chi connectivity index (χ4v) is 1.63. The largest absolute Gasteiger partial charge is 0.465 e. The molecule has 92 valence electrons. The maximum atomic E-state index is 5.57. The molecule has 0 amide bonds. The van der Waals surface area contributed by atoms with E-state index in [2.05, 4.69) is 29.1 Å². The molecule has 2 aromatic rings. The Morgan fingerprint density at radius 2 is 2.18 bits per heavy atom. The van der Waals surface area contributed by atoms with Crippen LogP contribution in [0.5, 0.6) is 6.01 Å². The third-order valence-electron chi connectivity index (χ3n) is 2.48. The molecular weight excluding hydrogens is 214 g/mol. The van der Waals surface area contributed by atoms with E-state index in [0.717, 1.165) is 24.0 Å². The highest BCUT2D eigenvalue weighted by Gasteiger charge is 2.01. The average molecular weight is 233 g/mol. The first-order chi connectivity index (χ1) is 8.25. The van der Waals surface area contributed by atoms with Crippen molar-refractivity contribution in [3.8, 4) is 6.01 Å². The molecule has 1 heterocycles. The minimum absolute atomic E-state index is 0.529. The van der Waals surface area contributed by atoms with Crippen LogP contribution in [-0.4, -0.2) is 29.2 Å². The highest BCUT2D eigenvalue weighted by atomic mass is 16.5. The van der Waals surface area contributed by atoms with Gasteiger partial charge in [0.25, 0.3) is 6.01 Å². The van der Waals surface area contributed by atoms with E-state index in [9.17, 15) is 0 Å². The molecule has 0 fully saturated rings. The van der Waals surface area contributed by atoms with Gasteiger partial charge in [-0.25, -0.2) is 0 Å². The SMILES string of the molecule is CC(C)NCCCOc1nc2ccccc2[nH]1. The number of rotatable bonds is 6. The summed E-state index contributed by atoms with van der Waals surface area (Å²) >= 11 is 0. The Kier molecular flexibility index (Phi) is 3.98. The second kappa shape index (κ2) is 5.68. The first-order valence-electron chi connectivity index (χ1n) is 6.06. The molecule has 1 aromatic heterocycles. The first-order valence-corrected chi connectivity index (χ1v) is 6.06. The summed E-state index contributed by atoms with van der Waals surface area (Å²) in [4.78, 5) is 7.49. The number of hydrogen-bond donors (Lipinski definition) is 2. The van der Waals surface area contributed by atoms with Crippen molar-refractivity contribution in [1.29, 1.82) is 0 Å². The fourth-order valence-electron chi connectivity index (χ4n) is 1.63. The van der Waals surface area contributed by atoms with Gasteiger partial charge in [0.2, 0.25) is 0 Å². The zero-order valence-corrected chi connectivity index (χ0v) is 10.4. The summed E-state index contributed by atoms with van der Waals surface area (Å²) in [5, 5.41) is 3.35. The van der Waals surface area contributed by atoms with Crippen molar-refractivity contribution in [1.82, 2.24) is 15.3 Å². The van der Waals surface area contributed by atoms with Crippen LogP contribution in [0.3, 0.4) is 0 Å². The number of fused-ring (bicyclic) bond motifs is 1. The summed E-state index contributed by atoms with van der Waals surface area (Å²) in [6.45, 7) is 5.93. The summed E-state index contributed by atoms with van der Waals surface area (Å²) < 4.78 is 5.57. The molecule has 0 unspecified atom stereocenters. The van der Waals surface area contributed by atoms with Gasteiger partial charge in [0.05, 0.1) is 17.6 Å². The lowest BCUT2D eigenvalue weighted by Gasteiger charge is -2.07. The number of hydrogen-bond acceptors (Lipinski definition) is 3. The van der Waals surface area contributed by atoms with Gasteiger partial charge in [0, 0.05) is 6.04 Å². The average Bonchev–Trinajstić information content (AvgIpc) is 2.70. The Hall–Kier alpha value is -1.55. The number of para-hydroxylation sites is 2. The molecule has 0 aliphatic heterocycles. The van der Waals surface area contributed by atoms with Gasteiger partial charge < -0.3 is 15.0 Å². The number of benzene rings is 1. The van der Waals surface area contributed by atoms with Crippen LogP contribution in [0.25, 0.3) is 11.0 Å². The molecule has 0 aliphatic carbocycles. The normalized spacial score (nSPS) is 11.2. The molecule has 2 rings (SSSR count). The minimum Gasteiger partial charge on any atom is -0.465 e. The molecule has 0 saturated carbocycles. The second-order valence-electron chi connectivity index (χ2n) is 4.37. The van der Waals surface area contributed by atoms with E-state index in [1.165, 1.54) is 0 Å². The maximum absolute atomic E-state index is 5.57. The predicted octanol–water partition coefficient (Wildman–Crippen LogP) is 2.33. The van der Waals surface area contributed by atoms with Gasteiger partial charge >= 0.3 is 0 Å². The summed E-state index contributed by atoms with van der Waals surface area (Å²) in [5.41, 5.74) is 1.96. The quantitative estimate of drug-likeness (QED) is 0.753. The molecule has 0 radical (unpaired) electrons. The molecule has 4 nitrogen and oxygen atoms in total. The summed E-state index contributed by atoms with van der Waals surface area (Å²) in [7, 11) is 0. The summed E-state index contributed by atoms with van der Waals surface area (Å²) in [6.07, 6.45) is 0.981. The first kappa shape index (κ1) is 11.9. The number of imidazole rings is 1. The van der Waals surface area contributed by atoms with Crippen LogP contribution >= 0.6 is 0 Å². The van der Waals surface area contributed by atoms with Gasteiger partial charge in [-0.15, -0.1) is 0 Å². The lowest BCUT2D eigenvalue weighted by Crippen LogP contribution is -2.24. The topological polar surface area (TPSA) is 49.9 Å². The molecule has 4 heteroatoms. The molecule has 0 atom stereocenters. The zero-order valence-electron chi connectivity index (χ0n) is 10.4. The van der Waals surface area contributed by atoms with Crippen LogP contribution < -0.4 is 10.1 Å². The molecule has 0 spiro atoms. The minimum atomic E-state index is 0.529. The van der Waals surface area contributed by atoms with Crippen molar-refractivity contribution >= 4 is 11.0 Å². The standard InChI is InChI=1S/C13H19N3O/c1-10(2)14-8-5-9-17-13-15-11-6-3-4-7-12(11)16-13/h3-4,6-7,10,14H,5,8-9H2,1-2H3,(H,15,16). The van der Waals surface area contributed by atoms with Crippen molar-refractivity contribution < 1.29 is 4.74 Å². The number of H-pyrrole nitrogens is 1. The smallest absolute Gasteiger partial charge is 0.294 e. The number of ether oxygens (including phenoxy) is 1. The van der Waals surface area contributed by atoms with Crippen molar-refractivity contribution in [2.45, 2.75) is 26.3 Å². The Balaban J connectivity index is 1.79. The summed E-state index contributed by atoms with van der Waals surface area (Å²) in [5.74, 6) is 0. The Morgan fingerprint density at radius 3 is 2.94 bits per heavy atom. The maximum Gasteiger partial charge on any atom is 0.294 e. The highest BCUT2D eigenvalue weighted by molar-refractivity contribution is 5.75. The van der Waals surface area contributed by atoms with E-state index in [1.807, 2.05) is 24.3 Å². The molecular formula is C13H19N3O. The lowest BCUT2D eigenvalue weighted by atomic mass is 10.3. The Labute approximate surface area is 101 Å². The predicted molar refractivity (Wildman–Crippen MR) is 69.3 cm³/mol. The van der Waals surface area contributed by atoms with Crippen molar-refractivity contribution in [3.63, 3.8) is 0 Å². The van der Waals surface area contributed by atoms with Crippen LogP contribution in [0, 0.1) is 0 Å². The number of nitrogens with zero attached hydrogens (tertiary/aromatic N) is 1. The van der Waals surface area contributed by atoms with Gasteiger partial charge in [0.1, 0.15) is 0 Å². The molecule has 17 heavy (non-hydrogen) atoms. The van der Waals surface area contributed by atoms with E-state index < -0.39 is 0 Å². The van der Waals surface area contributed by atoms with E-state index in [0.29, 0.717) is 18.7 Å². The molecule has 0 aliphatic rings. The number of aromatic amines is 1. The third kappa shape index (κ3) is 3.46. The van der Waals surface area contributed by atoms with Gasteiger partial charge in [0.15, 0.2) is 0 Å². The van der Waals surface area contributed by atoms with Crippen LogP contribution in [0.1, 0.15) is 20.3 Å². The van der Waals surface area contributed by atoms with Gasteiger partial charge in [-0.2, -0.15) is 4.98 Å². The molecule has 1 aromatic carbocycles.